The molecule has 0 unspecified atom stereocenters. The van der Waals surface area contributed by atoms with Crippen LogP contribution in [0.5, 0.6) is 11.5 Å². The lowest BCUT2D eigenvalue weighted by molar-refractivity contribution is -0.140. The van der Waals surface area contributed by atoms with Crippen LogP contribution in [0.2, 0.25) is 0 Å². The molecule has 0 spiro atoms. The second-order valence-electron chi connectivity index (χ2n) is 5.00. The SMILES string of the molecule is COc1cc(NC(=O)C2(OC)CCNCC2)cc(OC)c1.Cl. The van der Waals surface area contributed by atoms with Crippen molar-refractivity contribution in [1.82, 2.24) is 5.32 Å². The highest BCUT2D eigenvalue weighted by Gasteiger charge is 2.39. The van der Waals surface area contributed by atoms with Crippen LogP contribution in [0.1, 0.15) is 12.8 Å². The average molecular weight is 331 g/mol. The van der Waals surface area contributed by atoms with Gasteiger partial charge in [0.05, 0.1) is 14.2 Å². The maximum atomic E-state index is 12.6. The number of hydrogen-bond acceptors (Lipinski definition) is 5. The summed E-state index contributed by atoms with van der Waals surface area (Å²) in [5, 5.41) is 6.13. The molecular formula is C15H23ClN2O4. The number of carbonyl (C=O) groups excluding carboxylic acids is 1. The Morgan fingerprint density at radius 3 is 2.09 bits per heavy atom. The number of halogens is 1. The number of carbonyl (C=O) groups is 1. The Balaban J connectivity index is 0.00000242. The highest BCUT2D eigenvalue weighted by molar-refractivity contribution is 5.97. The number of ether oxygens (including phenoxy) is 3. The molecule has 22 heavy (non-hydrogen) atoms. The predicted molar refractivity (Wildman–Crippen MR) is 87.3 cm³/mol. The van der Waals surface area contributed by atoms with Crippen molar-refractivity contribution in [2.75, 3.05) is 39.7 Å². The predicted octanol–water partition coefficient (Wildman–Crippen LogP) is 1.83. The molecule has 1 saturated heterocycles. The highest BCUT2D eigenvalue weighted by atomic mass is 35.5. The third kappa shape index (κ3) is 4.03. The van der Waals surface area contributed by atoms with Crippen LogP contribution in [0.25, 0.3) is 0 Å². The number of anilines is 1. The first-order chi connectivity index (χ1) is 10.1. The van der Waals surface area contributed by atoms with Crippen molar-refractivity contribution in [2.24, 2.45) is 0 Å². The number of amides is 1. The van der Waals surface area contributed by atoms with Crippen molar-refractivity contribution in [3.8, 4) is 11.5 Å². The Morgan fingerprint density at radius 1 is 1.09 bits per heavy atom. The smallest absolute Gasteiger partial charge is 0.256 e. The van der Waals surface area contributed by atoms with Gasteiger partial charge in [-0.25, -0.2) is 0 Å². The normalized spacial score (nSPS) is 16.3. The molecule has 1 heterocycles. The molecule has 0 radical (unpaired) electrons. The summed E-state index contributed by atoms with van der Waals surface area (Å²) in [6.07, 6.45) is 1.30. The van der Waals surface area contributed by atoms with Gasteiger partial charge in [0.2, 0.25) is 0 Å². The Bertz CT molecular complexity index is 482. The number of methoxy groups -OCH3 is 3. The summed E-state index contributed by atoms with van der Waals surface area (Å²) in [4.78, 5) is 12.6. The molecule has 0 aliphatic carbocycles. The molecule has 2 N–H and O–H groups in total. The zero-order chi connectivity index (χ0) is 15.3. The molecule has 1 amide bonds. The largest absolute Gasteiger partial charge is 0.497 e. The number of benzene rings is 1. The van der Waals surface area contributed by atoms with Gasteiger partial charge in [-0.3, -0.25) is 4.79 Å². The van der Waals surface area contributed by atoms with E-state index in [1.54, 1.807) is 39.5 Å². The van der Waals surface area contributed by atoms with Gasteiger partial charge in [-0.05, 0) is 25.9 Å². The third-order valence-electron chi connectivity index (χ3n) is 3.83. The molecular weight excluding hydrogens is 308 g/mol. The van der Waals surface area contributed by atoms with Crippen molar-refractivity contribution in [3.63, 3.8) is 0 Å². The maximum absolute atomic E-state index is 12.6. The molecule has 1 aromatic carbocycles. The summed E-state index contributed by atoms with van der Waals surface area (Å²) in [6, 6.07) is 5.27. The van der Waals surface area contributed by atoms with E-state index in [2.05, 4.69) is 10.6 Å². The molecule has 2 rings (SSSR count). The highest BCUT2D eigenvalue weighted by Crippen LogP contribution is 2.28. The Labute approximate surface area is 136 Å². The van der Waals surface area contributed by atoms with E-state index >= 15 is 0 Å². The van der Waals surface area contributed by atoms with Crippen LogP contribution < -0.4 is 20.1 Å². The second kappa shape index (κ2) is 8.22. The first kappa shape index (κ1) is 18.5. The molecule has 1 fully saturated rings. The minimum Gasteiger partial charge on any atom is -0.497 e. The summed E-state index contributed by atoms with van der Waals surface area (Å²) in [6.45, 7) is 1.53. The summed E-state index contributed by atoms with van der Waals surface area (Å²) >= 11 is 0. The van der Waals surface area contributed by atoms with Crippen LogP contribution in [0.15, 0.2) is 18.2 Å². The molecule has 7 heteroatoms. The molecule has 1 aliphatic rings. The van der Waals surface area contributed by atoms with Crippen LogP contribution in [-0.2, 0) is 9.53 Å². The van der Waals surface area contributed by atoms with E-state index in [1.807, 2.05) is 0 Å². The standard InChI is InChI=1S/C15H22N2O4.ClH/c1-19-12-8-11(9-13(10-12)20-2)17-14(18)15(21-3)4-6-16-7-5-15;/h8-10,16H,4-7H2,1-3H3,(H,17,18);1H. The molecule has 1 aliphatic heterocycles. The average Bonchev–Trinajstić information content (AvgIpc) is 2.54. The zero-order valence-electron chi connectivity index (χ0n) is 13.1. The van der Waals surface area contributed by atoms with E-state index in [9.17, 15) is 4.79 Å². The lowest BCUT2D eigenvalue weighted by Crippen LogP contribution is -2.51. The fourth-order valence-electron chi connectivity index (χ4n) is 2.48. The fourth-order valence-corrected chi connectivity index (χ4v) is 2.48. The summed E-state index contributed by atoms with van der Waals surface area (Å²) in [5.41, 5.74) is -0.146. The molecule has 0 bridgehead atoms. The van der Waals surface area contributed by atoms with Crippen molar-refractivity contribution in [1.29, 1.82) is 0 Å². The fraction of sp³-hybridized carbons (Fsp3) is 0.533. The van der Waals surface area contributed by atoms with Gasteiger partial charge in [0, 0.05) is 31.0 Å². The van der Waals surface area contributed by atoms with E-state index < -0.39 is 5.60 Å². The van der Waals surface area contributed by atoms with Gasteiger partial charge >= 0.3 is 0 Å². The zero-order valence-corrected chi connectivity index (χ0v) is 13.9. The number of hydrogen-bond donors (Lipinski definition) is 2. The van der Waals surface area contributed by atoms with Gasteiger partial charge in [0.25, 0.3) is 5.91 Å². The van der Waals surface area contributed by atoms with Gasteiger partial charge < -0.3 is 24.8 Å². The third-order valence-corrected chi connectivity index (χ3v) is 3.83. The second-order valence-corrected chi connectivity index (χ2v) is 5.00. The maximum Gasteiger partial charge on any atom is 0.256 e. The molecule has 0 atom stereocenters. The summed E-state index contributed by atoms with van der Waals surface area (Å²) in [5.74, 6) is 1.12. The molecule has 0 aromatic heterocycles. The molecule has 124 valence electrons. The summed E-state index contributed by atoms with van der Waals surface area (Å²) < 4.78 is 15.9. The van der Waals surface area contributed by atoms with E-state index in [1.165, 1.54) is 0 Å². The van der Waals surface area contributed by atoms with Gasteiger partial charge in [-0.2, -0.15) is 0 Å². The van der Waals surface area contributed by atoms with Crippen molar-refractivity contribution in [2.45, 2.75) is 18.4 Å². The first-order valence-electron chi connectivity index (χ1n) is 6.94. The Hall–Kier alpha value is -1.50. The van der Waals surface area contributed by atoms with Crippen LogP contribution in [0.3, 0.4) is 0 Å². The van der Waals surface area contributed by atoms with E-state index in [0.717, 1.165) is 13.1 Å². The minimum atomic E-state index is -0.776. The minimum absolute atomic E-state index is 0. The lowest BCUT2D eigenvalue weighted by atomic mass is 9.91. The topological polar surface area (TPSA) is 68.8 Å². The Morgan fingerprint density at radius 2 is 1.64 bits per heavy atom. The van der Waals surface area contributed by atoms with E-state index in [4.69, 9.17) is 14.2 Å². The lowest BCUT2D eigenvalue weighted by Gasteiger charge is -2.34. The summed E-state index contributed by atoms with van der Waals surface area (Å²) in [7, 11) is 4.73. The van der Waals surface area contributed by atoms with Crippen molar-refractivity contribution >= 4 is 24.0 Å². The number of nitrogens with one attached hydrogen (secondary N) is 2. The van der Waals surface area contributed by atoms with Gasteiger partial charge in [0.1, 0.15) is 17.1 Å². The van der Waals surface area contributed by atoms with Crippen molar-refractivity contribution < 1.29 is 19.0 Å². The van der Waals surface area contributed by atoms with E-state index in [-0.39, 0.29) is 18.3 Å². The Kier molecular flexibility index (Phi) is 6.93. The van der Waals surface area contributed by atoms with Gasteiger partial charge in [-0.1, -0.05) is 0 Å². The molecule has 1 aromatic rings. The molecule has 6 nitrogen and oxygen atoms in total. The first-order valence-corrected chi connectivity index (χ1v) is 6.94. The van der Waals surface area contributed by atoms with Crippen LogP contribution in [-0.4, -0.2) is 45.9 Å². The number of piperidine rings is 1. The van der Waals surface area contributed by atoms with Gasteiger partial charge in [-0.15, -0.1) is 12.4 Å². The number of rotatable bonds is 5. The molecule has 0 saturated carbocycles. The van der Waals surface area contributed by atoms with Crippen LogP contribution in [0.4, 0.5) is 5.69 Å². The van der Waals surface area contributed by atoms with E-state index in [0.29, 0.717) is 30.0 Å². The van der Waals surface area contributed by atoms with Gasteiger partial charge in [0.15, 0.2) is 0 Å². The quantitative estimate of drug-likeness (QED) is 0.862. The van der Waals surface area contributed by atoms with Crippen LogP contribution in [0, 0.1) is 0 Å². The van der Waals surface area contributed by atoms with Crippen LogP contribution >= 0.6 is 12.4 Å². The monoisotopic (exact) mass is 330 g/mol. The van der Waals surface area contributed by atoms with Crippen molar-refractivity contribution in [3.05, 3.63) is 18.2 Å².